The maximum absolute atomic E-state index is 6.10. The SMILES string of the molecule is CC/C(=N/Nc1nnc(SCc2ccc(C)cc2)n1N)c1ccccc1. The van der Waals surface area contributed by atoms with Crippen LogP contribution in [0.15, 0.2) is 64.9 Å². The lowest BCUT2D eigenvalue weighted by Crippen LogP contribution is -2.14. The first-order chi connectivity index (χ1) is 12.7. The smallest absolute Gasteiger partial charge is 0.264 e. The number of hydrogen-bond acceptors (Lipinski definition) is 6. The number of nitrogens with one attached hydrogen (secondary N) is 1. The van der Waals surface area contributed by atoms with E-state index in [0.29, 0.717) is 11.1 Å². The molecule has 0 saturated heterocycles. The fourth-order valence-corrected chi connectivity index (χ4v) is 3.19. The zero-order valence-electron chi connectivity index (χ0n) is 14.9. The zero-order valence-corrected chi connectivity index (χ0v) is 15.7. The van der Waals surface area contributed by atoms with Gasteiger partial charge in [-0.25, -0.2) is 10.1 Å². The quantitative estimate of drug-likeness (QED) is 0.287. The summed E-state index contributed by atoms with van der Waals surface area (Å²) < 4.78 is 1.43. The molecular weight excluding hydrogens is 344 g/mol. The molecule has 26 heavy (non-hydrogen) atoms. The summed E-state index contributed by atoms with van der Waals surface area (Å²) in [5.74, 6) is 7.29. The molecule has 6 nitrogen and oxygen atoms in total. The predicted octanol–water partition coefficient (Wildman–Crippen LogP) is 3.82. The third kappa shape index (κ3) is 4.43. The maximum atomic E-state index is 6.10. The average Bonchev–Trinajstić information content (AvgIpc) is 3.02. The summed E-state index contributed by atoms with van der Waals surface area (Å²) in [6.07, 6.45) is 0.796. The Balaban J connectivity index is 1.66. The van der Waals surface area contributed by atoms with Gasteiger partial charge in [0.05, 0.1) is 5.71 Å². The van der Waals surface area contributed by atoms with Crippen LogP contribution < -0.4 is 11.3 Å². The fourth-order valence-electron chi connectivity index (χ4n) is 2.38. The summed E-state index contributed by atoms with van der Waals surface area (Å²) in [5.41, 5.74) is 7.39. The van der Waals surface area contributed by atoms with Crippen molar-refractivity contribution in [1.82, 2.24) is 14.9 Å². The van der Waals surface area contributed by atoms with E-state index >= 15 is 0 Å². The van der Waals surface area contributed by atoms with E-state index in [1.54, 1.807) is 0 Å². The highest BCUT2D eigenvalue weighted by Gasteiger charge is 2.10. The van der Waals surface area contributed by atoms with Crippen molar-refractivity contribution in [2.75, 3.05) is 11.3 Å². The number of aromatic nitrogens is 3. The van der Waals surface area contributed by atoms with Gasteiger partial charge in [0.2, 0.25) is 5.16 Å². The van der Waals surface area contributed by atoms with Crippen molar-refractivity contribution in [3.63, 3.8) is 0 Å². The Morgan fingerprint density at radius 2 is 1.85 bits per heavy atom. The molecule has 0 unspecified atom stereocenters. The van der Waals surface area contributed by atoms with Crippen LogP contribution in [0, 0.1) is 6.92 Å². The summed E-state index contributed by atoms with van der Waals surface area (Å²) in [6, 6.07) is 18.4. The molecule has 0 bridgehead atoms. The maximum Gasteiger partial charge on any atom is 0.264 e. The lowest BCUT2D eigenvalue weighted by molar-refractivity contribution is 0.846. The number of benzene rings is 2. The molecule has 7 heteroatoms. The Morgan fingerprint density at radius 3 is 2.54 bits per heavy atom. The fraction of sp³-hybridized carbons (Fsp3) is 0.211. The highest BCUT2D eigenvalue weighted by Crippen LogP contribution is 2.22. The van der Waals surface area contributed by atoms with E-state index < -0.39 is 0 Å². The number of nitrogen functional groups attached to an aromatic ring is 1. The van der Waals surface area contributed by atoms with E-state index in [9.17, 15) is 0 Å². The molecule has 0 amide bonds. The van der Waals surface area contributed by atoms with Gasteiger partial charge in [-0.3, -0.25) is 0 Å². The minimum Gasteiger partial charge on any atom is -0.334 e. The van der Waals surface area contributed by atoms with Crippen LogP contribution in [0.4, 0.5) is 5.95 Å². The predicted molar refractivity (Wildman–Crippen MR) is 108 cm³/mol. The Bertz CT molecular complexity index is 871. The van der Waals surface area contributed by atoms with Gasteiger partial charge in [-0.1, -0.05) is 78.8 Å². The molecule has 3 N–H and O–H groups in total. The second-order valence-corrected chi connectivity index (χ2v) is 6.78. The van der Waals surface area contributed by atoms with Gasteiger partial charge in [0.1, 0.15) is 0 Å². The molecule has 0 aliphatic rings. The van der Waals surface area contributed by atoms with Crippen LogP contribution >= 0.6 is 11.8 Å². The summed E-state index contributed by atoms with van der Waals surface area (Å²) in [6.45, 7) is 4.13. The molecule has 0 spiro atoms. The molecule has 3 aromatic rings. The molecule has 0 saturated carbocycles. The Kier molecular flexibility index (Phi) is 5.91. The van der Waals surface area contributed by atoms with Gasteiger partial charge in [-0.2, -0.15) is 5.10 Å². The van der Waals surface area contributed by atoms with Crippen LogP contribution in [0.1, 0.15) is 30.0 Å². The highest BCUT2D eigenvalue weighted by atomic mass is 32.2. The van der Waals surface area contributed by atoms with E-state index in [-0.39, 0.29) is 0 Å². The monoisotopic (exact) mass is 366 g/mol. The molecule has 3 rings (SSSR count). The average molecular weight is 366 g/mol. The number of hydrazone groups is 1. The van der Waals surface area contributed by atoms with Gasteiger partial charge < -0.3 is 5.84 Å². The molecule has 0 fully saturated rings. The third-order valence-corrected chi connectivity index (χ3v) is 4.90. The molecule has 0 aliphatic carbocycles. The van der Waals surface area contributed by atoms with E-state index in [1.165, 1.54) is 27.6 Å². The normalized spacial score (nSPS) is 11.5. The Labute approximate surface area is 157 Å². The largest absolute Gasteiger partial charge is 0.334 e. The first-order valence-electron chi connectivity index (χ1n) is 8.44. The molecule has 1 heterocycles. The first-order valence-corrected chi connectivity index (χ1v) is 9.42. The Hall–Kier alpha value is -2.80. The van der Waals surface area contributed by atoms with Crippen LogP contribution in [0.5, 0.6) is 0 Å². The van der Waals surface area contributed by atoms with Crippen LogP contribution in [0.25, 0.3) is 0 Å². The summed E-state index contributed by atoms with van der Waals surface area (Å²) >= 11 is 1.54. The lowest BCUT2D eigenvalue weighted by atomic mass is 10.1. The van der Waals surface area contributed by atoms with Crippen molar-refractivity contribution in [2.45, 2.75) is 31.2 Å². The second-order valence-electron chi connectivity index (χ2n) is 5.84. The van der Waals surface area contributed by atoms with Crippen molar-refractivity contribution in [3.05, 3.63) is 71.3 Å². The summed E-state index contributed by atoms with van der Waals surface area (Å²) in [7, 11) is 0. The highest BCUT2D eigenvalue weighted by molar-refractivity contribution is 7.98. The second kappa shape index (κ2) is 8.53. The van der Waals surface area contributed by atoms with Crippen molar-refractivity contribution >= 4 is 23.4 Å². The van der Waals surface area contributed by atoms with Gasteiger partial charge in [-0.15, -0.1) is 10.2 Å². The van der Waals surface area contributed by atoms with Gasteiger partial charge in [-0.05, 0) is 24.5 Å². The van der Waals surface area contributed by atoms with E-state index in [0.717, 1.165) is 23.4 Å². The van der Waals surface area contributed by atoms with Crippen LogP contribution in [-0.2, 0) is 5.75 Å². The number of nitrogens with zero attached hydrogens (tertiary/aromatic N) is 4. The van der Waals surface area contributed by atoms with E-state index in [2.05, 4.69) is 58.8 Å². The topological polar surface area (TPSA) is 81.1 Å². The van der Waals surface area contributed by atoms with Crippen molar-refractivity contribution in [1.29, 1.82) is 0 Å². The van der Waals surface area contributed by atoms with E-state index in [1.807, 2.05) is 30.3 Å². The summed E-state index contributed by atoms with van der Waals surface area (Å²) in [5, 5.41) is 13.3. The third-order valence-electron chi connectivity index (χ3n) is 3.89. The molecule has 2 aromatic carbocycles. The standard InChI is InChI=1S/C19H22N6S/c1-3-17(16-7-5-4-6-8-16)21-22-18-23-24-19(25(18)20)26-13-15-11-9-14(2)10-12-15/h4-12H,3,13,20H2,1-2H3,(H,22,23)/b21-17-. The molecule has 0 aliphatic heterocycles. The van der Waals surface area contributed by atoms with Gasteiger partial charge in [0, 0.05) is 5.75 Å². The van der Waals surface area contributed by atoms with Gasteiger partial charge >= 0.3 is 0 Å². The number of rotatable bonds is 7. The van der Waals surface area contributed by atoms with Crippen LogP contribution in [-0.4, -0.2) is 20.6 Å². The molecule has 0 atom stereocenters. The molecule has 134 valence electrons. The van der Waals surface area contributed by atoms with Crippen LogP contribution in [0.2, 0.25) is 0 Å². The van der Waals surface area contributed by atoms with Gasteiger partial charge in [0.15, 0.2) is 0 Å². The molecule has 0 radical (unpaired) electrons. The van der Waals surface area contributed by atoms with E-state index in [4.69, 9.17) is 5.84 Å². The van der Waals surface area contributed by atoms with Crippen molar-refractivity contribution in [2.24, 2.45) is 5.10 Å². The molecule has 1 aromatic heterocycles. The molecular formula is C19H22N6S. The number of hydrogen-bond donors (Lipinski definition) is 2. The van der Waals surface area contributed by atoms with Gasteiger partial charge in [0.25, 0.3) is 5.95 Å². The number of nitrogens with two attached hydrogens (primary N) is 1. The lowest BCUT2D eigenvalue weighted by Gasteiger charge is -2.06. The Morgan fingerprint density at radius 1 is 1.12 bits per heavy atom. The number of anilines is 1. The minimum atomic E-state index is 0.415. The van der Waals surface area contributed by atoms with Crippen molar-refractivity contribution < 1.29 is 0 Å². The zero-order chi connectivity index (χ0) is 18.4. The summed E-state index contributed by atoms with van der Waals surface area (Å²) in [4.78, 5) is 0. The number of aryl methyl sites for hydroxylation is 1. The van der Waals surface area contributed by atoms with Crippen LogP contribution in [0.3, 0.4) is 0 Å². The first kappa shape index (κ1) is 18.0. The minimum absolute atomic E-state index is 0.415. The number of thioether (sulfide) groups is 1. The van der Waals surface area contributed by atoms with Crippen molar-refractivity contribution in [3.8, 4) is 0 Å².